The van der Waals surface area contributed by atoms with Crippen LogP contribution in [0.1, 0.15) is 37.2 Å². The van der Waals surface area contributed by atoms with Gasteiger partial charge in [-0.3, -0.25) is 0 Å². The number of hydrogen-bond acceptors (Lipinski definition) is 2. The van der Waals surface area contributed by atoms with Gasteiger partial charge >= 0.3 is 0 Å². The van der Waals surface area contributed by atoms with Crippen LogP contribution < -0.4 is 5.32 Å². The Morgan fingerprint density at radius 1 is 1.14 bits per heavy atom. The van der Waals surface area contributed by atoms with E-state index in [0.717, 1.165) is 24.0 Å². The minimum Gasteiger partial charge on any atom is -0.314 e. The summed E-state index contributed by atoms with van der Waals surface area (Å²) in [6.45, 7) is 5.83. The van der Waals surface area contributed by atoms with Crippen molar-refractivity contribution >= 4 is 36.4 Å². The van der Waals surface area contributed by atoms with Crippen molar-refractivity contribution < 1.29 is 0 Å². The molecule has 0 spiro atoms. The summed E-state index contributed by atoms with van der Waals surface area (Å²) in [5.41, 5.74) is 1.45. The number of halogens is 3. The van der Waals surface area contributed by atoms with Gasteiger partial charge in [0, 0.05) is 37.7 Å². The van der Waals surface area contributed by atoms with E-state index < -0.39 is 0 Å². The van der Waals surface area contributed by atoms with E-state index in [-0.39, 0.29) is 24.8 Å². The molecule has 1 unspecified atom stereocenters. The summed E-state index contributed by atoms with van der Waals surface area (Å²) in [5, 5.41) is 4.32. The van der Waals surface area contributed by atoms with Crippen LogP contribution in [0.25, 0.3) is 0 Å². The molecule has 1 saturated carbocycles. The summed E-state index contributed by atoms with van der Waals surface area (Å²) in [5.74, 6) is 1.51. The first-order chi connectivity index (χ1) is 9.83. The summed E-state index contributed by atoms with van der Waals surface area (Å²) in [7, 11) is 0. The van der Waals surface area contributed by atoms with Crippen LogP contribution in [-0.2, 0) is 0 Å². The predicted molar refractivity (Wildman–Crippen MR) is 100.0 cm³/mol. The maximum Gasteiger partial charge on any atom is 0.0408 e. The SMILES string of the molecule is Cl.Cl.Clc1cccc(C(CN2CCNCC2)C2CCCC2)c1. The first-order valence-electron chi connectivity index (χ1n) is 8.01. The summed E-state index contributed by atoms with van der Waals surface area (Å²) in [4.78, 5) is 2.63. The van der Waals surface area contributed by atoms with E-state index in [1.165, 1.54) is 50.9 Å². The fourth-order valence-electron chi connectivity index (χ4n) is 3.80. The second-order valence-corrected chi connectivity index (χ2v) is 6.69. The third kappa shape index (κ3) is 5.28. The normalized spacial score (nSPS) is 21.0. The maximum absolute atomic E-state index is 6.21. The lowest BCUT2D eigenvalue weighted by Crippen LogP contribution is -2.45. The number of nitrogens with zero attached hydrogens (tertiary/aromatic N) is 1. The molecule has 0 amide bonds. The predicted octanol–water partition coefficient (Wildman–Crippen LogP) is 4.36. The van der Waals surface area contributed by atoms with Gasteiger partial charge in [-0.2, -0.15) is 0 Å². The molecule has 0 bridgehead atoms. The van der Waals surface area contributed by atoms with Crippen LogP contribution in [-0.4, -0.2) is 37.6 Å². The summed E-state index contributed by atoms with van der Waals surface area (Å²) >= 11 is 6.21. The maximum atomic E-state index is 6.21. The van der Waals surface area contributed by atoms with Gasteiger partial charge in [-0.25, -0.2) is 0 Å². The van der Waals surface area contributed by atoms with Crippen molar-refractivity contribution in [2.75, 3.05) is 32.7 Å². The minimum atomic E-state index is 0. The minimum absolute atomic E-state index is 0. The average molecular weight is 366 g/mol. The van der Waals surface area contributed by atoms with Crippen LogP contribution in [0.3, 0.4) is 0 Å². The van der Waals surface area contributed by atoms with Crippen LogP contribution in [0, 0.1) is 5.92 Å². The first kappa shape index (κ1) is 20.1. The zero-order valence-corrected chi connectivity index (χ0v) is 15.4. The highest BCUT2D eigenvalue weighted by atomic mass is 35.5. The molecular weight excluding hydrogens is 339 g/mol. The van der Waals surface area contributed by atoms with Crippen molar-refractivity contribution in [3.8, 4) is 0 Å². The standard InChI is InChI=1S/C17H25ClN2.2ClH/c18-16-7-3-6-15(12-16)17(14-4-1-2-5-14)13-20-10-8-19-9-11-20;;/h3,6-7,12,14,17,19H,1-2,4-5,8-11,13H2;2*1H. The van der Waals surface area contributed by atoms with E-state index in [0.29, 0.717) is 5.92 Å². The van der Waals surface area contributed by atoms with Crippen molar-refractivity contribution in [3.63, 3.8) is 0 Å². The van der Waals surface area contributed by atoms with E-state index >= 15 is 0 Å². The lowest BCUT2D eigenvalue weighted by molar-refractivity contribution is 0.205. The zero-order chi connectivity index (χ0) is 13.8. The number of benzene rings is 1. The number of nitrogens with one attached hydrogen (secondary N) is 1. The van der Waals surface area contributed by atoms with E-state index in [1.807, 2.05) is 6.07 Å². The smallest absolute Gasteiger partial charge is 0.0408 e. The van der Waals surface area contributed by atoms with Gasteiger partial charge in [0.1, 0.15) is 0 Å². The van der Waals surface area contributed by atoms with Gasteiger partial charge in [-0.15, -0.1) is 24.8 Å². The molecule has 2 aliphatic rings. The number of rotatable bonds is 4. The molecule has 5 heteroatoms. The molecule has 1 aromatic rings. The zero-order valence-electron chi connectivity index (χ0n) is 13.0. The molecular formula is C17H27Cl3N2. The van der Waals surface area contributed by atoms with Crippen molar-refractivity contribution in [3.05, 3.63) is 34.9 Å². The van der Waals surface area contributed by atoms with E-state index in [2.05, 4.69) is 28.4 Å². The Kier molecular flexibility index (Phi) is 9.11. The molecule has 3 rings (SSSR count). The Balaban J connectivity index is 0.00000121. The first-order valence-corrected chi connectivity index (χ1v) is 8.39. The van der Waals surface area contributed by atoms with Crippen molar-refractivity contribution in [2.24, 2.45) is 5.92 Å². The summed E-state index contributed by atoms with van der Waals surface area (Å²) < 4.78 is 0. The number of piperazine rings is 1. The van der Waals surface area contributed by atoms with E-state index in [1.54, 1.807) is 0 Å². The van der Waals surface area contributed by atoms with Gasteiger partial charge in [0.15, 0.2) is 0 Å². The monoisotopic (exact) mass is 364 g/mol. The highest BCUT2D eigenvalue weighted by Gasteiger charge is 2.28. The molecule has 1 aliphatic heterocycles. The summed E-state index contributed by atoms with van der Waals surface area (Å²) in [6.07, 6.45) is 5.60. The van der Waals surface area contributed by atoms with Crippen molar-refractivity contribution in [2.45, 2.75) is 31.6 Å². The Hall–Kier alpha value is 0.01000. The molecule has 126 valence electrons. The third-order valence-corrected chi connectivity index (χ3v) is 5.15. The van der Waals surface area contributed by atoms with Crippen LogP contribution in [0.4, 0.5) is 0 Å². The molecule has 22 heavy (non-hydrogen) atoms. The molecule has 1 N–H and O–H groups in total. The van der Waals surface area contributed by atoms with Crippen LogP contribution in [0.5, 0.6) is 0 Å². The Bertz CT molecular complexity index is 430. The molecule has 0 radical (unpaired) electrons. The van der Waals surface area contributed by atoms with Gasteiger partial charge in [-0.1, -0.05) is 36.6 Å². The fraction of sp³-hybridized carbons (Fsp3) is 0.647. The van der Waals surface area contributed by atoms with E-state index in [4.69, 9.17) is 11.6 Å². The topological polar surface area (TPSA) is 15.3 Å². The molecule has 0 aromatic heterocycles. The van der Waals surface area contributed by atoms with Gasteiger partial charge in [0.05, 0.1) is 0 Å². The van der Waals surface area contributed by atoms with Gasteiger partial charge < -0.3 is 10.2 Å². The van der Waals surface area contributed by atoms with Crippen LogP contribution in [0.2, 0.25) is 5.02 Å². The quantitative estimate of drug-likeness (QED) is 0.852. The molecule has 1 atom stereocenters. The van der Waals surface area contributed by atoms with Crippen LogP contribution >= 0.6 is 36.4 Å². The Labute approximate surface area is 151 Å². The molecule has 1 aromatic carbocycles. The second-order valence-electron chi connectivity index (χ2n) is 6.26. The lowest BCUT2D eigenvalue weighted by atomic mass is 9.84. The van der Waals surface area contributed by atoms with Crippen LogP contribution in [0.15, 0.2) is 24.3 Å². The van der Waals surface area contributed by atoms with Crippen molar-refractivity contribution in [1.82, 2.24) is 10.2 Å². The third-order valence-electron chi connectivity index (χ3n) is 4.91. The Morgan fingerprint density at radius 3 is 2.45 bits per heavy atom. The second kappa shape index (κ2) is 10.00. The largest absolute Gasteiger partial charge is 0.314 e. The average Bonchev–Trinajstić information content (AvgIpc) is 3.00. The highest BCUT2D eigenvalue weighted by molar-refractivity contribution is 6.30. The Morgan fingerprint density at radius 2 is 1.82 bits per heavy atom. The van der Waals surface area contributed by atoms with Crippen molar-refractivity contribution in [1.29, 1.82) is 0 Å². The molecule has 1 heterocycles. The fourth-order valence-corrected chi connectivity index (χ4v) is 3.99. The van der Waals surface area contributed by atoms with Gasteiger partial charge in [0.25, 0.3) is 0 Å². The van der Waals surface area contributed by atoms with Gasteiger partial charge in [0.2, 0.25) is 0 Å². The van der Waals surface area contributed by atoms with E-state index in [9.17, 15) is 0 Å². The van der Waals surface area contributed by atoms with Gasteiger partial charge in [-0.05, 0) is 42.4 Å². The summed E-state index contributed by atoms with van der Waals surface area (Å²) in [6, 6.07) is 8.56. The molecule has 2 fully saturated rings. The highest BCUT2D eigenvalue weighted by Crippen LogP contribution is 2.38. The molecule has 1 saturated heterocycles. The molecule has 1 aliphatic carbocycles. The molecule has 2 nitrogen and oxygen atoms in total. The lowest BCUT2D eigenvalue weighted by Gasteiger charge is -2.33. The number of hydrogen-bond donors (Lipinski definition) is 1.